The van der Waals surface area contributed by atoms with E-state index in [0.717, 1.165) is 0 Å². The minimum atomic E-state index is -1.01. The van der Waals surface area contributed by atoms with Crippen LogP contribution in [0.25, 0.3) is 0 Å². The zero-order chi connectivity index (χ0) is 18.1. The number of hydrogen-bond acceptors (Lipinski definition) is 4. The van der Waals surface area contributed by atoms with Crippen LogP contribution in [0.15, 0.2) is 24.3 Å². The highest BCUT2D eigenvalue weighted by Crippen LogP contribution is 2.13. The largest absolute Gasteiger partial charge is 0.494 e. The summed E-state index contributed by atoms with van der Waals surface area (Å²) in [4.78, 5) is 34.2. The number of aliphatic carboxylic acids is 1. The quantitative estimate of drug-likeness (QED) is 0.506. The Balaban J connectivity index is 2.34. The van der Waals surface area contributed by atoms with Gasteiger partial charge in [0.15, 0.2) is 5.78 Å². The van der Waals surface area contributed by atoms with Gasteiger partial charge in [0.1, 0.15) is 11.8 Å². The molecule has 0 heterocycles. The van der Waals surface area contributed by atoms with Gasteiger partial charge in [-0.05, 0) is 43.5 Å². The van der Waals surface area contributed by atoms with Gasteiger partial charge < -0.3 is 15.2 Å². The first-order chi connectivity index (χ1) is 11.3. The summed E-state index contributed by atoms with van der Waals surface area (Å²) in [6.07, 6.45) is 1.36. The monoisotopic (exact) mass is 335 g/mol. The summed E-state index contributed by atoms with van der Waals surface area (Å²) < 4.78 is 5.50. The van der Waals surface area contributed by atoms with Gasteiger partial charge in [0.05, 0.1) is 6.61 Å². The van der Waals surface area contributed by atoms with Crippen LogP contribution in [0.5, 0.6) is 5.75 Å². The number of hydrogen-bond donors (Lipinski definition) is 2. The second-order valence-electron chi connectivity index (χ2n) is 5.80. The van der Waals surface area contributed by atoms with E-state index in [1.807, 2.05) is 6.92 Å². The summed E-state index contributed by atoms with van der Waals surface area (Å²) in [5, 5.41) is 11.7. The van der Waals surface area contributed by atoms with Crippen molar-refractivity contribution in [3.05, 3.63) is 29.8 Å². The second-order valence-corrected chi connectivity index (χ2v) is 5.80. The molecule has 0 spiro atoms. The third kappa shape index (κ3) is 6.40. The minimum Gasteiger partial charge on any atom is -0.494 e. The van der Waals surface area contributed by atoms with Crippen molar-refractivity contribution in [3.63, 3.8) is 0 Å². The zero-order valence-electron chi connectivity index (χ0n) is 14.4. The number of carbonyl (C=O) groups is 3. The van der Waals surface area contributed by atoms with Crippen molar-refractivity contribution < 1.29 is 24.2 Å². The van der Waals surface area contributed by atoms with Crippen LogP contribution in [0.2, 0.25) is 0 Å². The number of nitrogens with one attached hydrogen (secondary N) is 1. The molecule has 0 saturated heterocycles. The molecule has 0 aliphatic heterocycles. The fourth-order valence-electron chi connectivity index (χ4n) is 2.14. The maximum atomic E-state index is 11.8. The molecule has 0 radical (unpaired) electrons. The lowest BCUT2D eigenvalue weighted by Crippen LogP contribution is -2.45. The SMILES string of the molecule is CCC(C)C(NC(=O)CCCOc1ccc(C(C)=O)cc1)C(=O)O. The molecule has 0 aromatic heterocycles. The van der Waals surface area contributed by atoms with Gasteiger partial charge in [-0.2, -0.15) is 0 Å². The molecular weight excluding hydrogens is 310 g/mol. The van der Waals surface area contributed by atoms with Gasteiger partial charge in [-0.25, -0.2) is 4.79 Å². The molecule has 24 heavy (non-hydrogen) atoms. The van der Waals surface area contributed by atoms with Gasteiger partial charge >= 0.3 is 5.97 Å². The van der Waals surface area contributed by atoms with E-state index >= 15 is 0 Å². The average molecular weight is 335 g/mol. The Morgan fingerprint density at radius 2 is 1.83 bits per heavy atom. The molecule has 1 amide bonds. The lowest BCUT2D eigenvalue weighted by molar-refractivity contribution is -0.143. The van der Waals surface area contributed by atoms with E-state index < -0.39 is 12.0 Å². The summed E-state index contributed by atoms with van der Waals surface area (Å²) in [6.45, 7) is 5.52. The number of ketones is 1. The Kier molecular flexibility index (Phi) is 7.95. The van der Waals surface area contributed by atoms with Crippen molar-refractivity contribution in [1.29, 1.82) is 0 Å². The number of amides is 1. The van der Waals surface area contributed by atoms with Crippen LogP contribution in [-0.2, 0) is 9.59 Å². The first-order valence-corrected chi connectivity index (χ1v) is 8.11. The van der Waals surface area contributed by atoms with Crippen LogP contribution < -0.4 is 10.1 Å². The van der Waals surface area contributed by atoms with E-state index in [2.05, 4.69) is 5.32 Å². The maximum Gasteiger partial charge on any atom is 0.326 e. The Morgan fingerprint density at radius 3 is 2.33 bits per heavy atom. The lowest BCUT2D eigenvalue weighted by atomic mass is 9.99. The van der Waals surface area contributed by atoms with Crippen molar-refractivity contribution >= 4 is 17.7 Å². The Labute approximate surface area is 142 Å². The predicted octanol–water partition coefficient (Wildman–Crippen LogP) is 2.66. The summed E-state index contributed by atoms with van der Waals surface area (Å²) in [5.41, 5.74) is 0.617. The van der Waals surface area contributed by atoms with Crippen LogP contribution in [0.1, 0.15) is 50.4 Å². The molecule has 6 heteroatoms. The molecule has 0 aliphatic rings. The predicted molar refractivity (Wildman–Crippen MR) is 90.2 cm³/mol. The minimum absolute atomic E-state index is 0.00693. The van der Waals surface area contributed by atoms with Crippen molar-refractivity contribution in [3.8, 4) is 5.75 Å². The molecule has 2 unspecified atom stereocenters. The molecule has 2 N–H and O–H groups in total. The number of carbonyl (C=O) groups excluding carboxylic acids is 2. The highest BCUT2D eigenvalue weighted by Gasteiger charge is 2.24. The van der Waals surface area contributed by atoms with E-state index in [1.54, 1.807) is 31.2 Å². The van der Waals surface area contributed by atoms with E-state index in [9.17, 15) is 14.4 Å². The van der Waals surface area contributed by atoms with Gasteiger partial charge in [-0.1, -0.05) is 20.3 Å². The molecule has 0 aliphatic carbocycles. The molecule has 6 nitrogen and oxygen atoms in total. The van der Waals surface area contributed by atoms with Gasteiger partial charge in [0.25, 0.3) is 0 Å². The molecule has 132 valence electrons. The van der Waals surface area contributed by atoms with Crippen LogP contribution in [0.4, 0.5) is 0 Å². The van der Waals surface area contributed by atoms with Crippen molar-refractivity contribution in [2.45, 2.75) is 46.1 Å². The molecule has 1 aromatic carbocycles. The van der Waals surface area contributed by atoms with Gasteiger partial charge in [-0.3, -0.25) is 9.59 Å². The number of rotatable bonds is 10. The molecule has 0 fully saturated rings. The van der Waals surface area contributed by atoms with Crippen molar-refractivity contribution in [1.82, 2.24) is 5.32 Å². The summed E-state index contributed by atoms with van der Waals surface area (Å²) in [6, 6.07) is 5.94. The zero-order valence-corrected chi connectivity index (χ0v) is 14.4. The summed E-state index contributed by atoms with van der Waals surface area (Å²) in [7, 11) is 0. The third-order valence-corrected chi connectivity index (χ3v) is 3.87. The number of Topliss-reactive ketones (excluding diaryl/α,β-unsaturated/α-hetero) is 1. The van der Waals surface area contributed by atoms with E-state index in [0.29, 0.717) is 30.8 Å². The molecule has 0 saturated carbocycles. The van der Waals surface area contributed by atoms with Crippen molar-refractivity contribution in [2.24, 2.45) is 5.92 Å². The first kappa shape index (κ1) is 19.7. The smallest absolute Gasteiger partial charge is 0.326 e. The van der Waals surface area contributed by atoms with Gasteiger partial charge in [0.2, 0.25) is 5.91 Å². The van der Waals surface area contributed by atoms with Crippen LogP contribution in [0, 0.1) is 5.92 Å². The number of carboxylic acids is 1. The number of benzene rings is 1. The van der Waals surface area contributed by atoms with E-state index in [-0.39, 0.29) is 24.0 Å². The summed E-state index contributed by atoms with van der Waals surface area (Å²) >= 11 is 0. The average Bonchev–Trinajstić information content (AvgIpc) is 2.56. The second kappa shape index (κ2) is 9.70. The lowest BCUT2D eigenvalue weighted by Gasteiger charge is -2.20. The highest BCUT2D eigenvalue weighted by molar-refractivity contribution is 5.94. The molecule has 2 atom stereocenters. The fourth-order valence-corrected chi connectivity index (χ4v) is 2.14. The van der Waals surface area contributed by atoms with Crippen LogP contribution >= 0.6 is 0 Å². The molecular formula is C18H25NO5. The van der Waals surface area contributed by atoms with E-state index in [4.69, 9.17) is 9.84 Å². The van der Waals surface area contributed by atoms with Crippen molar-refractivity contribution in [2.75, 3.05) is 6.61 Å². The number of carboxylic acid groups (broad SMARTS) is 1. The normalized spacial score (nSPS) is 13.0. The third-order valence-electron chi connectivity index (χ3n) is 3.87. The number of ether oxygens (including phenoxy) is 1. The highest BCUT2D eigenvalue weighted by atomic mass is 16.5. The molecule has 0 bridgehead atoms. The van der Waals surface area contributed by atoms with Gasteiger partial charge in [-0.15, -0.1) is 0 Å². The maximum absolute atomic E-state index is 11.8. The first-order valence-electron chi connectivity index (χ1n) is 8.11. The molecule has 1 rings (SSSR count). The Hall–Kier alpha value is -2.37. The van der Waals surface area contributed by atoms with Crippen LogP contribution in [0.3, 0.4) is 0 Å². The van der Waals surface area contributed by atoms with E-state index in [1.165, 1.54) is 6.92 Å². The molecule has 1 aromatic rings. The Bertz CT molecular complexity index is 567. The van der Waals surface area contributed by atoms with Gasteiger partial charge in [0, 0.05) is 12.0 Å². The topological polar surface area (TPSA) is 92.7 Å². The summed E-state index contributed by atoms with van der Waals surface area (Å²) in [5.74, 6) is -0.809. The fraction of sp³-hybridized carbons (Fsp3) is 0.500. The standard InChI is InChI=1S/C18H25NO5/c1-4-12(2)17(18(22)23)19-16(21)6-5-11-24-15-9-7-14(8-10-15)13(3)20/h7-10,12,17H,4-6,11H2,1-3H3,(H,19,21)(H,22,23). The Morgan fingerprint density at radius 1 is 1.21 bits per heavy atom. The van der Waals surface area contributed by atoms with Crippen LogP contribution in [-0.4, -0.2) is 35.4 Å².